The van der Waals surface area contributed by atoms with E-state index in [4.69, 9.17) is 12.2 Å². The lowest BCUT2D eigenvalue weighted by Crippen LogP contribution is -2.31. The third kappa shape index (κ3) is 2.57. The monoisotopic (exact) mass is 306 g/mol. The lowest BCUT2D eigenvalue weighted by atomic mass is 10.1. The van der Waals surface area contributed by atoms with Crippen molar-refractivity contribution in [2.75, 3.05) is 0 Å². The summed E-state index contributed by atoms with van der Waals surface area (Å²) in [4.78, 5) is 20.7. The highest BCUT2D eigenvalue weighted by atomic mass is 32.1. The summed E-state index contributed by atoms with van der Waals surface area (Å²) in [5, 5.41) is 0. The molecule has 1 fully saturated rings. The topological polar surface area (TPSA) is 55.6 Å². The second-order valence-corrected chi connectivity index (χ2v) is 6.65. The molecule has 0 amide bonds. The molecule has 1 aliphatic carbocycles. The molecule has 1 aliphatic rings. The average molecular weight is 306 g/mol. The van der Waals surface area contributed by atoms with E-state index < -0.39 is 0 Å². The zero-order chi connectivity index (χ0) is 15.1. The Labute approximate surface area is 129 Å². The quantitative estimate of drug-likeness (QED) is 0.863. The maximum Gasteiger partial charge on any atom is 0.330 e. The van der Waals surface area contributed by atoms with E-state index in [0.29, 0.717) is 29.6 Å². The molecule has 5 nitrogen and oxygen atoms in total. The van der Waals surface area contributed by atoms with Crippen LogP contribution in [0.1, 0.15) is 51.8 Å². The van der Waals surface area contributed by atoms with Gasteiger partial charge in [0.05, 0.1) is 0 Å². The maximum atomic E-state index is 12.6. The Bertz CT molecular complexity index is 779. The first-order chi connectivity index (χ1) is 10.0. The largest absolute Gasteiger partial charge is 0.338 e. The summed E-state index contributed by atoms with van der Waals surface area (Å²) < 4.78 is 4.03. The molecule has 0 unspecified atom stereocenters. The van der Waals surface area contributed by atoms with Crippen LogP contribution < -0.4 is 5.69 Å². The fraction of sp³-hybridized carbons (Fsp3) is 0.667. The highest BCUT2D eigenvalue weighted by Gasteiger charge is 2.28. The van der Waals surface area contributed by atoms with Crippen molar-refractivity contribution >= 4 is 23.4 Å². The van der Waals surface area contributed by atoms with Gasteiger partial charge in [-0.05, 0) is 32.1 Å². The molecule has 2 aromatic heterocycles. The molecule has 0 spiro atoms. The van der Waals surface area contributed by atoms with Crippen LogP contribution in [-0.4, -0.2) is 19.1 Å². The second-order valence-electron chi connectivity index (χ2n) is 6.26. The summed E-state index contributed by atoms with van der Waals surface area (Å²) in [6.07, 6.45) is 3.31. The van der Waals surface area contributed by atoms with Crippen LogP contribution in [0.25, 0.3) is 11.2 Å². The van der Waals surface area contributed by atoms with E-state index in [2.05, 4.69) is 23.8 Å². The number of nitrogens with one attached hydrogen (secondary N) is 1. The standard InChI is InChI=1S/C15H22N4OS/c1-4-18-14(21)11-13(17-12(16-11)10-5-6-10)19(15(18)20)8-7-9(2)3/h9-10H,4-8H2,1-3H3,(H,16,17). The number of fused-ring (bicyclic) bond motifs is 1. The number of aromatic nitrogens is 4. The molecule has 0 aromatic carbocycles. The molecule has 0 atom stereocenters. The average Bonchev–Trinajstić information content (AvgIpc) is 3.19. The number of aryl methyl sites for hydroxylation is 1. The van der Waals surface area contributed by atoms with Gasteiger partial charge in [-0.2, -0.15) is 0 Å². The molecule has 1 N–H and O–H groups in total. The zero-order valence-electron chi connectivity index (χ0n) is 12.8. The number of H-pyrrole nitrogens is 1. The Morgan fingerprint density at radius 1 is 1.38 bits per heavy atom. The number of hydrogen-bond donors (Lipinski definition) is 1. The van der Waals surface area contributed by atoms with Crippen LogP contribution in [0.3, 0.4) is 0 Å². The van der Waals surface area contributed by atoms with Crippen molar-refractivity contribution in [2.24, 2.45) is 5.92 Å². The first-order valence-electron chi connectivity index (χ1n) is 7.76. The van der Waals surface area contributed by atoms with Crippen LogP contribution >= 0.6 is 12.2 Å². The first kappa shape index (κ1) is 14.5. The van der Waals surface area contributed by atoms with Crippen molar-refractivity contribution < 1.29 is 0 Å². The molecule has 0 saturated heterocycles. The highest BCUT2D eigenvalue weighted by molar-refractivity contribution is 7.71. The van der Waals surface area contributed by atoms with Gasteiger partial charge < -0.3 is 4.98 Å². The van der Waals surface area contributed by atoms with Crippen LogP contribution in [0.15, 0.2) is 4.79 Å². The third-order valence-electron chi connectivity index (χ3n) is 4.09. The number of aromatic amines is 1. The summed E-state index contributed by atoms with van der Waals surface area (Å²) >= 11 is 5.47. The first-order valence-corrected chi connectivity index (χ1v) is 8.17. The van der Waals surface area contributed by atoms with Crippen molar-refractivity contribution in [3.05, 3.63) is 20.9 Å². The van der Waals surface area contributed by atoms with Gasteiger partial charge in [-0.25, -0.2) is 9.78 Å². The van der Waals surface area contributed by atoms with Crippen LogP contribution in [0.4, 0.5) is 0 Å². The van der Waals surface area contributed by atoms with E-state index in [1.54, 1.807) is 9.13 Å². The summed E-state index contributed by atoms with van der Waals surface area (Å²) in [7, 11) is 0. The molecular formula is C15H22N4OS. The fourth-order valence-electron chi connectivity index (χ4n) is 2.60. The van der Waals surface area contributed by atoms with Crippen molar-refractivity contribution in [3.8, 4) is 0 Å². The van der Waals surface area contributed by atoms with Crippen molar-refractivity contribution in [2.45, 2.75) is 59.0 Å². The predicted octanol–water partition coefficient (Wildman–Crippen LogP) is 3.20. The van der Waals surface area contributed by atoms with E-state index in [9.17, 15) is 4.79 Å². The SMILES string of the molecule is CCn1c(=S)c2[nH]c(C3CC3)nc2n(CCC(C)C)c1=O. The van der Waals surface area contributed by atoms with Crippen LogP contribution in [0.5, 0.6) is 0 Å². The van der Waals surface area contributed by atoms with Gasteiger partial charge in [-0.1, -0.05) is 26.1 Å². The minimum absolute atomic E-state index is 0.0375. The van der Waals surface area contributed by atoms with Gasteiger partial charge in [0.2, 0.25) is 0 Å². The Hall–Kier alpha value is -1.43. The van der Waals surface area contributed by atoms with Gasteiger partial charge in [0, 0.05) is 19.0 Å². The van der Waals surface area contributed by atoms with Gasteiger partial charge in [0.25, 0.3) is 0 Å². The Morgan fingerprint density at radius 2 is 2.10 bits per heavy atom. The third-order valence-corrected chi connectivity index (χ3v) is 4.51. The molecular weight excluding hydrogens is 284 g/mol. The van der Waals surface area contributed by atoms with Gasteiger partial charge in [0.15, 0.2) is 5.65 Å². The second kappa shape index (κ2) is 5.40. The maximum absolute atomic E-state index is 12.6. The Morgan fingerprint density at radius 3 is 2.67 bits per heavy atom. The van der Waals surface area contributed by atoms with Gasteiger partial charge in [0.1, 0.15) is 16.0 Å². The summed E-state index contributed by atoms with van der Waals surface area (Å²) in [5.41, 5.74) is 1.54. The molecule has 3 rings (SSSR count). The summed E-state index contributed by atoms with van der Waals surface area (Å²) in [5.74, 6) is 2.06. The summed E-state index contributed by atoms with van der Waals surface area (Å²) in [6, 6.07) is 0. The van der Waals surface area contributed by atoms with Crippen LogP contribution in [0.2, 0.25) is 0 Å². The number of hydrogen-bond acceptors (Lipinski definition) is 3. The van der Waals surface area contributed by atoms with Crippen molar-refractivity contribution in [1.82, 2.24) is 19.1 Å². The van der Waals surface area contributed by atoms with Crippen molar-refractivity contribution in [1.29, 1.82) is 0 Å². The van der Waals surface area contributed by atoms with Gasteiger partial charge in [-0.3, -0.25) is 9.13 Å². The smallest absolute Gasteiger partial charge is 0.330 e. The minimum Gasteiger partial charge on any atom is -0.338 e. The van der Waals surface area contributed by atoms with Crippen LogP contribution in [0, 0.1) is 10.6 Å². The van der Waals surface area contributed by atoms with E-state index in [1.165, 1.54) is 12.8 Å². The molecule has 114 valence electrons. The van der Waals surface area contributed by atoms with Gasteiger partial charge >= 0.3 is 5.69 Å². The number of rotatable bonds is 5. The molecule has 2 heterocycles. The van der Waals surface area contributed by atoms with Gasteiger partial charge in [-0.15, -0.1) is 0 Å². The molecule has 21 heavy (non-hydrogen) atoms. The van der Waals surface area contributed by atoms with Crippen LogP contribution in [-0.2, 0) is 13.1 Å². The number of nitrogens with zero attached hydrogens (tertiary/aromatic N) is 3. The predicted molar refractivity (Wildman–Crippen MR) is 86.3 cm³/mol. The van der Waals surface area contributed by atoms with E-state index in [-0.39, 0.29) is 5.69 Å². The van der Waals surface area contributed by atoms with E-state index in [1.807, 2.05) is 6.92 Å². The Kier molecular flexibility index (Phi) is 3.73. The molecule has 6 heteroatoms. The minimum atomic E-state index is -0.0375. The molecule has 2 aromatic rings. The molecule has 0 radical (unpaired) electrons. The Balaban J connectivity index is 2.21. The zero-order valence-corrected chi connectivity index (χ0v) is 13.7. The van der Waals surface area contributed by atoms with E-state index in [0.717, 1.165) is 23.4 Å². The van der Waals surface area contributed by atoms with E-state index >= 15 is 0 Å². The summed E-state index contributed by atoms with van der Waals surface area (Å²) in [6.45, 7) is 7.56. The molecule has 0 aliphatic heterocycles. The lowest BCUT2D eigenvalue weighted by molar-refractivity contribution is 0.495. The highest BCUT2D eigenvalue weighted by Crippen LogP contribution is 2.38. The lowest BCUT2D eigenvalue weighted by Gasteiger charge is -2.12. The molecule has 1 saturated carbocycles. The molecule has 0 bridgehead atoms. The fourth-order valence-corrected chi connectivity index (χ4v) is 2.95. The normalized spacial score (nSPS) is 15.2. The van der Waals surface area contributed by atoms with Crippen molar-refractivity contribution in [3.63, 3.8) is 0 Å². The number of imidazole rings is 1.